The minimum atomic E-state index is -0.963. The molecule has 5 nitrogen and oxygen atoms in total. The Kier molecular flexibility index (Phi) is 4.51. The molecule has 1 aliphatic heterocycles. The van der Waals surface area contributed by atoms with E-state index in [1.807, 2.05) is 24.3 Å². The predicted molar refractivity (Wildman–Crippen MR) is 90.8 cm³/mol. The highest BCUT2D eigenvalue weighted by Crippen LogP contribution is 2.36. The van der Waals surface area contributed by atoms with Gasteiger partial charge in [0.15, 0.2) is 5.78 Å². The number of carboxylic acid groups (broad SMARTS) is 1. The molecule has 1 heterocycles. The lowest BCUT2D eigenvalue weighted by Crippen LogP contribution is -2.26. The maximum absolute atomic E-state index is 12.7. The number of para-hydroxylation sites is 2. The number of aliphatic carboxylic acids is 1. The fraction of sp³-hybridized carbons (Fsp3) is 0.263. The Hall–Kier alpha value is -2.82. The van der Waals surface area contributed by atoms with Crippen LogP contribution < -0.4 is 10.1 Å². The van der Waals surface area contributed by atoms with E-state index in [4.69, 9.17) is 9.84 Å². The van der Waals surface area contributed by atoms with Crippen molar-refractivity contribution in [1.29, 1.82) is 0 Å². The molecule has 0 radical (unpaired) electrons. The van der Waals surface area contributed by atoms with Crippen molar-refractivity contribution in [3.05, 3.63) is 59.7 Å². The van der Waals surface area contributed by atoms with Crippen molar-refractivity contribution in [1.82, 2.24) is 0 Å². The maximum atomic E-state index is 12.7. The fourth-order valence-corrected chi connectivity index (χ4v) is 2.88. The van der Waals surface area contributed by atoms with E-state index in [-0.39, 0.29) is 11.7 Å². The SMILES string of the molecule is CC(Nc1ccccc1C(=O)CC1COc2ccccc21)C(=O)O. The number of carbonyl (C=O) groups is 2. The van der Waals surface area contributed by atoms with Crippen LogP contribution in [-0.4, -0.2) is 29.5 Å². The van der Waals surface area contributed by atoms with Gasteiger partial charge in [0.2, 0.25) is 0 Å². The van der Waals surface area contributed by atoms with Crippen LogP contribution >= 0.6 is 0 Å². The Morgan fingerprint density at radius 2 is 1.92 bits per heavy atom. The van der Waals surface area contributed by atoms with E-state index in [9.17, 15) is 9.59 Å². The zero-order valence-electron chi connectivity index (χ0n) is 13.4. The number of nitrogens with one attached hydrogen (secondary N) is 1. The first-order valence-corrected chi connectivity index (χ1v) is 7.89. The topological polar surface area (TPSA) is 75.6 Å². The molecule has 0 amide bonds. The van der Waals surface area contributed by atoms with Crippen LogP contribution in [0.3, 0.4) is 0 Å². The van der Waals surface area contributed by atoms with E-state index >= 15 is 0 Å². The summed E-state index contributed by atoms with van der Waals surface area (Å²) in [4.78, 5) is 23.8. The van der Waals surface area contributed by atoms with Crippen molar-refractivity contribution in [2.75, 3.05) is 11.9 Å². The molecule has 0 saturated carbocycles. The molecule has 2 aromatic rings. The lowest BCUT2D eigenvalue weighted by molar-refractivity contribution is -0.137. The largest absolute Gasteiger partial charge is 0.493 e. The molecule has 124 valence electrons. The molecular weight excluding hydrogens is 306 g/mol. The van der Waals surface area contributed by atoms with Gasteiger partial charge >= 0.3 is 5.97 Å². The van der Waals surface area contributed by atoms with Gasteiger partial charge in [-0.1, -0.05) is 30.3 Å². The van der Waals surface area contributed by atoms with Crippen LogP contribution in [-0.2, 0) is 4.79 Å². The van der Waals surface area contributed by atoms with Gasteiger partial charge in [-0.05, 0) is 25.1 Å². The minimum Gasteiger partial charge on any atom is -0.493 e. The number of fused-ring (bicyclic) bond motifs is 1. The maximum Gasteiger partial charge on any atom is 0.325 e. The Bertz CT molecular complexity index is 771. The smallest absolute Gasteiger partial charge is 0.325 e. The average molecular weight is 325 g/mol. The van der Waals surface area contributed by atoms with Gasteiger partial charge in [0.1, 0.15) is 11.8 Å². The second-order valence-electron chi connectivity index (χ2n) is 5.92. The van der Waals surface area contributed by atoms with Gasteiger partial charge in [-0.2, -0.15) is 0 Å². The summed E-state index contributed by atoms with van der Waals surface area (Å²) in [6, 6.07) is 14.0. The molecule has 0 bridgehead atoms. The lowest BCUT2D eigenvalue weighted by Gasteiger charge is -2.15. The van der Waals surface area contributed by atoms with Crippen LogP contribution in [0.2, 0.25) is 0 Å². The molecule has 0 aliphatic carbocycles. The number of ketones is 1. The molecule has 24 heavy (non-hydrogen) atoms. The molecule has 3 rings (SSSR count). The van der Waals surface area contributed by atoms with Crippen molar-refractivity contribution < 1.29 is 19.4 Å². The molecule has 2 N–H and O–H groups in total. The van der Waals surface area contributed by atoms with Crippen molar-refractivity contribution in [2.24, 2.45) is 0 Å². The Labute approximate surface area is 140 Å². The number of anilines is 1. The second-order valence-corrected chi connectivity index (χ2v) is 5.92. The highest BCUT2D eigenvalue weighted by Gasteiger charge is 2.27. The van der Waals surface area contributed by atoms with Crippen LogP contribution in [0, 0.1) is 0 Å². The third-order valence-corrected chi connectivity index (χ3v) is 4.20. The predicted octanol–water partition coefficient (Wildman–Crippen LogP) is 3.32. The van der Waals surface area contributed by atoms with E-state index in [0.29, 0.717) is 24.3 Å². The van der Waals surface area contributed by atoms with Gasteiger partial charge in [-0.25, -0.2) is 0 Å². The number of rotatable bonds is 6. The van der Waals surface area contributed by atoms with Crippen LogP contribution in [0.4, 0.5) is 5.69 Å². The molecule has 2 atom stereocenters. The third-order valence-electron chi connectivity index (χ3n) is 4.20. The van der Waals surface area contributed by atoms with Gasteiger partial charge in [0.25, 0.3) is 0 Å². The summed E-state index contributed by atoms with van der Waals surface area (Å²) < 4.78 is 5.63. The summed E-state index contributed by atoms with van der Waals surface area (Å²) in [6.07, 6.45) is 0.331. The van der Waals surface area contributed by atoms with Crippen LogP contribution in [0.1, 0.15) is 35.2 Å². The first-order chi connectivity index (χ1) is 11.6. The molecule has 2 aromatic carbocycles. The number of carbonyl (C=O) groups excluding carboxylic acids is 1. The number of hydrogen-bond donors (Lipinski definition) is 2. The van der Waals surface area contributed by atoms with E-state index < -0.39 is 12.0 Å². The molecule has 2 unspecified atom stereocenters. The molecule has 0 saturated heterocycles. The van der Waals surface area contributed by atoms with E-state index in [0.717, 1.165) is 11.3 Å². The molecule has 0 spiro atoms. The minimum absolute atomic E-state index is 0.0265. The van der Waals surface area contributed by atoms with Crippen LogP contribution in [0.25, 0.3) is 0 Å². The number of Topliss-reactive ketones (excluding diaryl/α,β-unsaturated/α-hetero) is 1. The van der Waals surface area contributed by atoms with Crippen molar-refractivity contribution in [2.45, 2.75) is 25.3 Å². The van der Waals surface area contributed by atoms with Crippen LogP contribution in [0.15, 0.2) is 48.5 Å². The number of benzene rings is 2. The number of carboxylic acids is 1. The highest BCUT2D eigenvalue weighted by atomic mass is 16.5. The normalized spacial score (nSPS) is 16.8. The van der Waals surface area contributed by atoms with Crippen molar-refractivity contribution in [3.8, 4) is 5.75 Å². The Morgan fingerprint density at radius 1 is 1.21 bits per heavy atom. The average Bonchev–Trinajstić information content (AvgIpc) is 2.98. The molecule has 1 aliphatic rings. The number of hydrogen-bond acceptors (Lipinski definition) is 4. The summed E-state index contributed by atoms with van der Waals surface area (Å²) in [6.45, 7) is 2.04. The highest BCUT2D eigenvalue weighted by molar-refractivity contribution is 6.02. The zero-order valence-corrected chi connectivity index (χ0v) is 13.4. The molecule has 0 fully saturated rings. The van der Waals surface area contributed by atoms with Crippen molar-refractivity contribution >= 4 is 17.4 Å². The summed E-state index contributed by atoms with van der Waals surface area (Å²) >= 11 is 0. The summed E-state index contributed by atoms with van der Waals surface area (Å²) in [5.74, 6) is -0.128. The zero-order chi connectivity index (χ0) is 17.1. The standard InChI is InChI=1S/C19H19NO4/c1-12(19(22)23)20-16-8-4-2-7-15(16)17(21)10-13-11-24-18-9-5-3-6-14(13)18/h2-9,12-13,20H,10-11H2,1H3,(H,22,23). The fourth-order valence-electron chi connectivity index (χ4n) is 2.88. The quantitative estimate of drug-likeness (QED) is 0.797. The van der Waals surface area contributed by atoms with Gasteiger partial charge in [-0.3, -0.25) is 9.59 Å². The van der Waals surface area contributed by atoms with Crippen molar-refractivity contribution in [3.63, 3.8) is 0 Å². The lowest BCUT2D eigenvalue weighted by atomic mass is 9.92. The Morgan fingerprint density at radius 3 is 2.71 bits per heavy atom. The Balaban J connectivity index is 1.78. The first kappa shape index (κ1) is 16.1. The summed E-state index contributed by atoms with van der Waals surface area (Å²) in [5, 5.41) is 11.9. The first-order valence-electron chi connectivity index (χ1n) is 7.89. The monoisotopic (exact) mass is 325 g/mol. The summed E-state index contributed by atoms with van der Waals surface area (Å²) in [7, 11) is 0. The van der Waals surface area contributed by atoms with Gasteiger partial charge in [0, 0.05) is 29.2 Å². The van der Waals surface area contributed by atoms with E-state index in [1.165, 1.54) is 0 Å². The van der Waals surface area contributed by atoms with Gasteiger partial charge < -0.3 is 15.2 Å². The molecular formula is C19H19NO4. The second kappa shape index (κ2) is 6.74. The summed E-state index contributed by atoms with van der Waals surface area (Å²) in [5.41, 5.74) is 2.11. The van der Waals surface area contributed by atoms with Gasteiger partial charge in [-0.15, -0.1) is 0 Å². The number of ether oxygens (including phenoxy) is 1. The van der Waals surface area contributed by atoms with Gasteiger partial charge in [0.05, 0.1) is 6.61 Å². The van der Waals surface area contributed by atoms with E-state index in [2.05, 4.69) is 5.32 Å². The van der Waals surface area contributed by atoms with Crippen LogP contribution in [0.5, 0.6) is 5.75 Å². The molecule has 0 aromatic heterocycles. The van der Waals surface area contributed by atoms with E-state index in [1.54, 1.807) is 31.2 Å². The molecule has 5 heteroatoms. The third kappa shape index (κ3) is 3.25.